The second kappa shape index (κ2) is 8.77. The molecule has 31 heavy (non-hydrogen) atoms. The molecule has 0 amide bonds. The number of phenols is 2. The fourth-order valence-corrected chi connectivity index (χ4v) is 4.82. The summed E-state index contributed by atoms with van der Waals surface area (Å²) in [7, 11) is 0. The van der Waals surface area contributed by atoms with Gasteiger partial charge in [-0.15, -0.1) is 0 Å². The molecule has 0 radical (unpaired) electrons. The van der Waals surface area contributed by atoms with Crippen LogP contribution < -0.4 is 5.32 Å². The van der Waals surface area contributed by atoms with Gasteiger partial charge in [0.15, 0.2) is 16.6 Å². The first-order valence-electron chi connectivity index (χ1n) is 10.3. The first-order valence-corrected chi connectivity index (χ1v) is 11.1. The number of rotatable bonds is 4. The van der Waals surface area contributed by atoms with Crippen LogP contribution in [0.4, 0.5) is 0 Å². The van der Waals surface area contributed by atoms with E-state index in [1.165, 1.54) is 5.56 Å². The van der Waals surface area contributed by atoms with E-state index in [0.29, 0.717) is 18.2 Å². The molecule has 1 atom stereocenters. The molecule has 3 N–H and O–H groups in total. The van der Waals surface area contributed by atoms with Gasteiger partial charge in [-0.2, -0.15) is 0 Å². The number of fused-ring (bicyclic) bond motifs is 1. The summed E-state index contributed by atoms with van der Waals surface area (Å²) in [6.45, 7) is 3.52. The summed E-state index contributed by atoms with van der Waals surface area (Å²) in [5.41, 5.74) is 3.64. The highest BCUT2D eigenvalue weighted by atomic mass is 35.5. The van der Waals surface area contributed by atoms with Gasteiger partial charge in [0.05, 0.1) is 5.54 Å². The Bertz CT molecular complexity index is 1090. The quantitative estimate of drug-likeness (QED) is 0.384. The SMILES string of the molecule is CC1(c2ccccc2)c2cc(O)c(O)cc2CCN1C(=S)NCCc1ccc(Cl)cc1. The first kappa shape index (κ1) is 21.5. The highest BCUT2D eigenvalue weighted by Gasteiger charge is 2.42. The Morgan fingerprint density at radius 3 is 2.45 bits per heavy atom. The molecule has 0 aliphatic carbocycles. The van der Waals surface area contributed by atoms with Gasteiger partial charge in [0.25, 0.3) is 0 Å². The van der Waals surface area contributed by atoms with Crippen LogP contribution in [0.25, 0.3) is 0 Å². The molecule has 4 nitrogen and oxygen atoms in total. The van der Waals surface area contributed by atoms with Crippen molar-refractivity contribution in [1.29, 1.82) is 0 Å². The molecule has 6 heteroatoms. The van der Waals surface area contributed by atoms with Gasteiger partial charge < -0.3 is 20.4 Å². The zero-order valence-corrected chi connectivity index (χ0v) is 18.9. The lowest BCUT2D eigenvalue weighted by Gasteiger charge is -2.48. The van der Waals surface area contributed by atoms with E-state index in [0.717, 1.165) is 34.6 Å². The van der Waals surface area contributed by atoms with E-state index in [1.54, 1.807) is 12.1 Å². The Balaban J connectivity index is 1.62. The maximum Gasteiger partial charge on any atom is 0.169 e. The maximum absolute atomic E-state index is 10.2. The van der Waals surface area contributed by atoms with Crippen LogP contribution in [0.5, 0.6) is 11.5 Å². The Hall–Kier alpha value is -2.76. The van der Waals surface area contributed by atoms with Gasteiger partial charge in [-0.25, -0.2) is 0 Å². The highest BCUT2D eigenvalue weighted by Crippen LogP contribution is 2.44. The fourth-order valence-electron chi connectivity index (χ4n) is 4.32. The normalized spacial score (nSPS) is 17.8. The minimum Gasteiger partial charge on any atom is -0.504 e. The van der Waals surface area contributed by atoms with E-state index in [1.807, 2.05) is 42.5 Å². The van der Waals surface area contributed by atoms with Crippen LogP contribution >= 0.6 is 23.8 Å². The topological polar surface area (TPSA) is 55.7 Å². The summed E-state index contributed by atoms with van der Waals surface area (Å²) < 4.78 is 0. The van der Waals surface area contributed by atoms with Crippen molar-refractivity contribution >= 4 is 28.9 Å². The number of nitrogens with one attached hydrogen (secondary N) is 1. The van der Waals surface area contributed by atoms with E-state index in [-0.39, 0.29) is 11.5 Å². The zero-order chi connectivity index (χ0) is 22.0. The van der Waals surface area contributed by atoms with Gasteiger partial charge >= 0.3 is 0 Å². The third-order valence-corrected chi connectivity index (χ3v) is 6.67. The molecule has 0 saturated carbocycles. The van der Waals surface area contributed by atoms with Gasteiger partial charge in [-0.3, -0.25) is 0 Å². The van der Waals surface area contributed by atoms with Crippen LogP contribution in [0.2, 0.25) is 5.02 Å². The molecule has 0 saturated heterocycles. The molecular formula is C25H25ClN2O2S. The second-order valence-electron chi connectivity index (χ2n) is 7.95. The number of halogens is 1. The van der Waals surface area contributed by atoms with Crippen molar-refractivity contribution in [3.63, 3.8) is 0 Å². The standard InChI is InChI=1S/C25H25ClN2O2S/c1-25(19-5-3-2-4-6-19)21-16-23(30)22(29)15-18(21)12-14-28(25)24(31)27-13-11-17-7-9-20(26)10-8-17/h2-10,15-16,29-30H,11-14H2,1H3,(H,27,31). The van der Waals surface area contributed by atoms with Crippen molar-refractivity contribution in [3.05, 3.63) is 94.0 Å². The van der Waals surface area contributed by atoms with E-state index in [9.17, 15) is 10.2 Å². The molecule has 1 heterocycles. The monoisotopic (exact) mass is 452 g/mol. The molecular weight excluding hydrogens is 428 g/mol. The fraction of sp³-hybridized carbons (Fsp3) is 0.240. The van der Waals surface area contributed by atoms with E-state index < -0.39 is 5.54 Å². The number of hydrogen-bond acceptors (Lipinski definition) is 3. The molecule has 0 aromatic heterocycles. The summed E-state index contributed by atoms with van der Waals surface area (Å²) >= 11 is 11.8. The molecule has 1 unspecified atom stereocenters. The number of aromatic hydroxyl groups is 2. The zero-order valence-electron chi connectivity index (χ0n) is 17.3. The lowest BCUT2D eigenvalue weighted by molar-refractivity contribution is 0.221. The predicted octanol–water partition coefficient (Wildman–Crippen LogP) is 4.99. The lowest BCUT2D eigenvalue weighted by Crippen LogP contribution is -2.55. The second-order valence-corrected chi connectivity index (χ2v) is 8.77. The molecule has 0 bridgehead atoms. The molecule has 4 rings (SSSR count). The summed E-state index contributed by atoms with van der Waals surface area (Å²) in [5, 5.41) is 25.1. The summed E-state index contributed by atoms with van der Waals surface area (Å²) in [4.78, 5) is 2.18. The predicted molar refractivity (Wildman–Crippen MR) is 129 cm³/mol. The van der Waals surface area contributed by atoms with E-state index in [4.69, 9.17) is 23.8 Å². The van der Waals surface area contributed by atoms with Crippen molar-refractivity contribution in [3.8, 4) is 11.5 Å². The average Bonchev–Trinajstić information content (AvgIpc) is 2.77. The van der Waals surface area contributed by atoms with Crippen molar-refractivity contribution in [1.82, 2.24) is 10.2 Å². The van der Waals surface area contributed by atoms with Crippen molar-refractivity contribution < 1.29 is 10.2 Å². The molecule has 3 aromatic rings. The van der Waals surface area contributed by atoms with Gasteiger partial charge in [0.2, 0.25) is 0 Å². The highest BCUT2D eigenvalue weighted by molar-refractivity contribution is 7.80. The molecule has 160 valence electrons. The van der Waals surface area contributed by atoms with Crippen molar-refractivity contribution in [2.45, 2.75) is 25.3 Å². The van der Waals surface area contributed by atoms with Crippen LogP contribution in [0.3, 0.4) is 0 Å². The minimum atomic E-state index is -0.579. The molecule has 1 aliphatic rings. The molecule has 0 spiro atoms. The smallest absolute Gasteiger partial charge is 0.169 e. The largest absolute Gasteiger partial charge is 0.504 e. The van der Waals surface area contributed by atoms with Gasteiger partial charge in [0, 0.05) is 18.1 Å². The van der Waals surface area contributed by atoms with Crippen LogP contribution in [-0.4, -0.2) is 33.3 Å². The Kier molecular flexibility index (Phi) is 6.08. The van der Waals surface area contributed by atoms with Gasteiger partial charge in [-0.05, 0) is 78.5 Å². The average molecular weight is 453 g/mol. The van der Waals surface area contributed by atoms with Gasteiger partial charge in [-0.1, -0.05) is 54.1 Å². The number of nitrogens with zero attached hydrogens (tertiary/aromatic N) is 1. The summed E-state index contributed by atoms with van der Waals surface area (Å²) in [5.74, 6) is -0.212. The molecule has 0 fully saturated rings. The minimum absolute atomic E-state index is 0.0914. The lowest BCUT2D eigenvalue weighted by atomic mass is 9.77. The van der Waals surface area contributed by atoms with E-state index >= 15 is 0 Å². The Morgan fingerprint density at radius 2 is 1.74 bits per heavy atom. The number of thiocarbonyl (C=S) groups is 1. The number of hydrogen-bond donors (Lipinski definition) is 3. The van der Waals surface area contributed by atoms with Crippen LogP contribution in [0.15, 0.2) is 66.7 Å². The number of phenolic OH excluding ortho intramolecular Hbond substituents is 2. The Morgan fingerprint density at radius 1 is 1.06 bits per heavy atom. The summed E-state index contributed by atoms with van der Waals surface area (Å²) in [6, 6.07) is 21.3. The summed E-state index contributed by atoms with van der Waals surface area (Å²) in [6.07, 6.45) is 1.56. The Labute approximate surface area is 193 Å². The van der Waals surface area contributed by atoms with Crippen molar-refractivity contribution in [2.24, 2.45) is 0 Å². The van der Waals surface area contributed by atoms with Crippen LogP contribution in [0.1, 0.15) is 29.2 Å². The maximum atomic E-state index is 10.2. The van der Waals surface area contributed by atoms with Crippen molar-refractivity contribution in [2.75, 3.05) is 13.1 Å². The van der Waals surface area contributed by atoms with Crippen LogP contribution in [-0.2, 0) is 18.4 Å². The third kappa shape index (κ3) is 4.21. The molecule has 1 aliphatic heterocycles. The third-order valence-electron chi connectivity index (χ3n) is 6.05. The molecule has 3 aromatic carbocycles. The first-order chi connectivity index (χ1) is 14.9. The number of benzene rings is 3. The van der Waals surface area contributed by atoms with Gasteiger partial charge in [0.1, 0.15) is 0 Å². The van der Waals surface area contributed by atoms with Crippen LogP contribution in [0, 0.1) is 0 Å². The van der Waals surface area contributed by atoms with E-state index in [2.05, 4.69) is 29.3 Å².